The zero-order chi connectivity index (χ0) is 17.8. The largest absolute Gasteiger partial charge is 0.392 e. The highest BCUT2D eigenvalue weighted by atomic mass is 32.2. The number of likely N-dealkylation sites (N-methyl/N-ethyl adjacent to an activating group) is 1. The predicted molar refractivity (Wildman–Crippen MR) is 103 cm³/mol. The molecule has 2 aromatic rings. The fourth-order valence-corrected chi connectivity index (χ4v) is 4.53. The van der Waals surface area contributed by atoms with Crippen LogP contribution in [0, 0.1) is 0 Å². The van der Waals surface area contributed by atoms with Crippen LogP contribution in [0.3, 0.4) is 0 Å². The summed E-state index contributed by atoms with van der Waals surface area (Å²) in [5.74, 6) is 0. The van der Waals surface area contributed by atoms with E-state index in [1.807, 2.05) is 36.4 Å². The molecule has 3 N–H and O–H groups in total. The highest BCUT2D eigenvalue weighted by Gasteiger charge is 2.28. The zero-order valence-corrected chi connectivity index (χ0v) is 15.6. The highest BCUT2D eigenvalue weighted by molar-refractivity contribution is 7.99. The summed E-state index contributed by atoms with van der Waals surface area (Å²) >= 11 is 1.63. The lowest BCUT2D eigenvalue weighted by atomic mass is 9.97. The van der Waals surface area contributed by atoms with E-state index in [4.69, 9.17) is 0 Å². The summed E-state index contributed by atoms with van der Waals surface area (Å²) in [7, 11) is 0. The average molecular weight is 359 g/mol. The first-order valence-corrected chi connectivity index (χ1v) is 9.68. The maximum atomic E-state index is 11.0. The van der Waals surface area contributed by atoms with Gasteiger partial charge in [-0.1, -0.05) is 49.9 Å². The molecule has 0 spiro atoms. The summed E-state index contributed by atoms with van der Waals surface area (Å²) in [5.41, 5.74) is 3.63. The van der Waals surface area contributed by atoms with Crippen LogP contribution < -0.4 is 5.32 Å². The Morgan fingerprint density at radius 3 is 2.60 bits per heavy atom. The Kier molecular flexibility index (Phi) is 6.02. The second kappa shape index (κ2) is 8.23. The highest BCUT2D eigenvalue weighted by Crippen LogP contribution is 2.48. The monoisotopic (exact) mass is 358 g/mol. The third-order valence-electron chi connectivity index (χ3n) is 4.78. The van der Waals surface area contributed by atoms with Gasteiger partial charge in [0.25, 0.3) is 0 Å². The van der Waals surface area contributed by atoms with Crippen LogP contribution in [0.2, 0.25) is 0 Å². The van der Waals surface area contributed by atoms with E-state index in [0.29, 0.717) is 0 Å². The average Bonchev–Trinajstić information content (AvgIpc) is 2.65. The molecule has 1 heterocycles. The van der Waals surface area contributed by atoms with E-state index in [2.05, 4.69) is 24.1 Å². The molecule has 0 radical (unpaired) electrons. The van der Waals surface area contributed by atoms with Gasteiger partial charge in [-0.15, -0.1) is 0 Å². The van der Waals surface area contributed by atoms with Crippen molar-refractivity contribution in [2.75, 3.05) is 31.5 Å². The third kappa shape index (κ3) is 3.70. The Morgan fingerprint density at radius 2 is 1.88 bits per heavy atom. The lowest BCUT2D eigenvalue weighted by Gasteiger charge is -2.29. The van der Waals surface area contributed by atoms with Crippen molar-refractivity contribution >= 4 is 17.4 Å². The molecule has 0 fully saturated rings. The number of rotatable bonds is 7. The minimum Gasteiger partial charge on any atom is -0.392 e. The van der Waals surface area contributed by atoms with E-state index in [0.717, 1.165) is 58.3 Å². The van der Waals surface area contributed by atoms with Gasteiger partial charge in [0.2, 0.25) is 0 Å². The van der Waals surface area contributed by atoms with Crippen LogP contribution in [-0.4, -0.2) is 41.3 Å². The van der Waals surface area contributed by atoms with Gasteiger partial charge in [-0.05, 0) is 36.3 Å². The second-order valence-corrected chi connectivity index (χ2v) is 7.22. The van der Waals surface area contributed by atoms with Crippen LogP contribution in [0.25, 0.3) is 0 Å². The molecule has 1 aliphatic rings. The number of hydrogen-bond acceptors (Lipinski definition) is 5. The molecule has 0 unspecified atom stereocenters. The first-order chi connectivity index (χ1) is 12.2. The van der Waals surface area contributed by atoms with Crippen molar-refractivity contribution in [1.29, 1.82) is 0 Å². The molecule has 0 amide bonds. The molecule has 5 heteroatoms. The molecule has 4 nitrogen and oxygen atoms in total. The van der Waals surface area contributed by atoms with Crippen LogP contribution >= 0.6 is 11.8 Å². The quantitative estimate of drug-likeness (QED) is 0.707. The molecule has 0 saturated carbocycles. The van der Waals surface area contributed by atoms with E-state index in [9.17, 15) is 10.2 Å². The van der Waals surface area contributed by atoms with E-state index >= 15 is 0 Å². The smallest absolute Gasteiger partial charge is 0.108 e. The summed E-state index contributed by atoms with van der Waals surface area (Å²) < 4.78 is 0. The number of anilines is 1. The Labute approximate surface area is 153 Å². The van der Waals surface area contributed by atoms with E-state index in [-0.39, 0.29) is 6.61 Å². The molecular weight excluding hydrogens is 332 g/mol. The number of aliphatic hydroxyl groups is 2. The van der Waals surface area contributed by atoms with Gasteiger partial charge in [-0.3, -0.25) is 0 Å². The van der Waals surface area contributed by atoms with Crippen LogP contribution in [0.1, 0.15) is 36.6 Å². The van der Waals surface area contributed by atoms with Crippen LogP contribution in [-0.2, 0) is 6.61 Å². The summed E-state index contributed by atoms with van der Waals surface area (Å²) in [6, 6.07) is 11.9. The number of nitrogens with zero attached hydrogens (tertiary/aromatic N) is 1. The molecular formula is C20H26N2O2S. The summed E-state index contributed by atoms with van der Waals surface area (Å²) in [6.07, 6.45) is -0.671. The fourth-order valence-electron chi connectivity index (χ4n) is 3.27. The van der Waals surface area contributed by atoms with Gasteiger partial charge in [0, 0.05) is 34.1 Å². The van der Waals surface area contributed by atoms with E-state index < -0.39 is 6.10 Å². The molecule has 0 aliphatic carbocycles. The van der Waals surface area contributed by atoms with Crippen molar-refractivity contribution < 1.29 is 10.2 Å². The van der Waals surface area contributed by atoms with Crippen molar-refractivity contribution in [3.8, 4) is 0 Å². The van der Waals surface area contributed by atoms with Gasteiger partial charge in [0.05, 0.1) is 6.61 Å². The summed E-state index contributed by atoms with van der Waals surface area (Å²) in [5, 5.41) is 24.2. The van der Waals surface area contributed by atoms with Gasteiger partial charge in [0.1, 0.15) is 6.10 Å². The summed E-state index contributed by atoms with van der Waals surface area (Å²) in [6.45, 7) is 8.16. The van der Waals surface area contributed by atoms with Gasteiger partial charge in [0.15, 0.2) is 0 Å². The second-order valence-electron chi connectivity index (χ2n) is 6.17. The first kappa shape index (κ1) is 18.3. The van der Waals surface area contributed by atoms with Crippen LogP contribution in [0.15, 0.2) is 46.2 Å². The maximum Gasteiger partial charge on any atom is 0.108 e. The standard InChI is InChI=1S/C20H26N2O2S/c1-3-22(4-2)12-11-21-16-10-9-14(13-23)20-18(16)19(24)15-7-5-6-8-17(15)25-20/h5-10,19,21,23-24H,3-4,11-13H2,1-2H3/t19-/m0/s1. The number of hydrogen-bond donors (Lipinski definition) is 3. The molecule has 0 aromatic heterocycles. The Morgan fingerprint density at radius 1 is 1.12 bits per heavy atom. The normalized spacial score (nSPS) is 15.8. The Balaban J connectivity index is 1.90. The lowest BCUT2D eigenvalue weighted by Crippen LogP contribution is -2.29. The number of aliphatic hydroxyl groups excluding tert-OH is 2. The molecule has 25 heavy (non-hydrogen) atoms. The van der Waals surface area contributed by atoms with Crippen molar-refractivity contribution in [3.63, 3.8) is 0 Å². The minimum absolute atomic E-state index is 0.0239. The lowest BCUT2D eigenvalue weighted by molar-refractivity contribution is 0.212. The van der Waals surface area contributed by atoms with Crippen molar-refractivity contribution in [2.24, 2.45) is 0 Å². The van der Waals surface area contributed by atoms with E-state index in [1.165, 1.54) is 0 Å². The molecule has 1 aliphatic heterocycles. The first-order valence-electron chi connectivity index (χ1n) is 8.87. The topological polar surface area (TPSA) is 55.7 Å². The fraction of sp³-hybridized carbons (Fsp3) is 0.400. The van der Waals surface area contributed by atoms with Crippen molar-refractivity contribution in [1.82, 2.24) is 4.90 Å². The number of fused-ring (bicyclic) bond motifs is 2. The molecule has 2 aromatic carbocycles. The molecule has 0 bridgehead atoms. The van der Waals surface area contributed by atoms with Gasteiger partial charge in [-0.2, -0.15) is 0 Å². The molecule has 3 rings (SSSR count). The zero-order valence-electron chi connectivity index (χ0n) is 14.8. The third-order valence-corrected chi connectivity index (χ3v) is 6.06. The van der Waals surface area contributed by atoms with E-state index in [1.54, 1.807) is 11.8 Å². The molecule has 0 saturated heterocycles. The summed E-state index contributed by atoms with van der Waals surface area (Å²) in [4.78, 5) is 4.39. The van der Waals surface area contributed by atoms with Gasteiger partial charge in [-0.25, -0.2) is 0 Å². The Bertz CT molecular complexity index is 732. The maximum absolute atomic E-state index is 11.0. The molecule has 134 valence electrons. The molecule has 1 atom stereocenters. The van der Waals surface area contributed by atoms with Crippen LogP contribution in [0.5, 0.6) is 0 Å². The SMILES string of the molecule is CCN(CC)CCNc1ccc(CO)c2c1[C@@H](O)c1ccccc1S2. The van der Waals surface area contributed by atoms with Gasteiger partial charge >= 0.3 is 0 Å². The van der Waals surface area contributed by atoms with Crippen molar-refractivity contribution in [3.05, 3.63) is 53.1 Å². The predicted octanol–water partition coefficient (Wildman–Crippen LogP) is 3.48. The minimum atomic E-state index is -0.671. The number of nitrogens with one attached hydrogen (secondary N) is 1. The van der Waals surface area contributed by atoms with Crippen molar-refractivity contribution in [2.45, 2.75) is 36.3 Å². The Hall–Kier alpha value is -1.53. The number of benzene rings is 2. The van der Waals surface area contributed by atoms with Crippen LogP contribution in [0.4, 0.5) is 5.69 Å². The van der Waals surface area contributed by atoms with Gasteiger partial charge < -0.3 is 20.4 Å².